The van der Waals surface area contributed by atoms with Gasteiger partial charge in [-0.3, -0.25) is 20.3 Å². The van der Waals surface area contributed by atoms with Gasteiger partial charge in [-0.1, -0.05) is 18.2 Å². The van der Waals surface area contributed by atoms with Crippen molar-refractivity contribution in [2.75, 3.05) is 6.54 Å². The number of carbonyl (C=O) groups excluding carboxylic acids is 3. The van der Waals surface area contributed by atoms with Gasteiger partial charge in [0.2, 0.25) is 11.8 Å². The third-order valence-corrected chi connectivity index (χ3v) is 3.07. The third kappa shape index (κ3) is 2.95. The molecule has 0 spiro atoms. The maximum Gasteiger partial charge on any atom is 0.343 e. The van der Waals surface area contributed by atoms with Crippen LogP contribution in [-0.2, 0) is 16.0 Å². The van der Waals surface area contributed by atoms with Crippen LogP contribution in [0.5, 0.6) is 0 Å². The molecular formula is C14H13N5O3. The minimum absolute atomic E-state index is 0.0603. The van der Waals surface area contributed by atoms with E-state index < -0.39 is 17.8 Å². The van der Waals surface area contributed by atoms with Crippen molar-refractivity contribution in [1.82, 2.24) is 25.5 Å². The molecule has 1 aromatic carbocycles. The minimum Gasteiger partial charge on any atom is -0.275 e. The SMILES string of the molecule is O=C1CN(NC(=O)Cc2cnn(-c3ccccc3)c2)C(=O)N1. The number of carbonyl (C=O) groups is 3. The van der Waals surface area contributed by atoms with Crippen LogP contribution in [0.1, 0.15) is 5.56 Å². The largest absolute Gasteiger partial charge is 0.343 e. The van der Waals surface area contributed by atoms with Crippen molar-refractivity contribution in [2.24, 2.45) is 0 Å². The molecule has 0 atom stereocenters. The Labute approximate surface area is 125 Å². The number of hydrazine groups is 1. The van der Waals surface area contributed by atoms with Crippen molar-refractivity contribution in [1.29, 1.82) is 0 Å². The van der Waals surface area contributed by atoms with Gasteiger partial charge in [-0.2, -0.15) is 5.10 Å². The van der Waals surface area contributed by atoms with Gasteiger partial charge in [0.15, 0.2) is 0 Å². The summed E-state index contributed by atoms with van der Waals surface area (Å²) in [4.78, 5) is 34.2. The molecule has 22 heavy (non-hydrogen) atoms. The van der Waals surface area contributed by atoms with Crippen LogP contribution in [0.3, 0.4) is 0 Å². The standard InChI is InChI=1S/C14H13N5O3/c20-12(17-19-9-13(21)16-14(19)22)6-10-7-15-18(8-10)11-4-2-1-3-5-11/h1-5,7-8H,6,9H2,(H,17,20)(H,16,21,22). The van der Waals surface area contributed by atoms with Crippen LogP contribution in [-0.4, -0.2) is 39.2 Å². The highest BCUT2D eigenvalue weighted by molar-refractivity contribution is 6.02. The van der Waals surface area contributed by atoms with E-state index in [4.69, 9.17) is 0 Å². The van der Waals surface area contributed by atoms with Crippen LogP contribution in [0.25, 0.3) is 5.69 Å². The molecule has 4 amide bonds. The lowest BCUT2D eigenvalue weighted by atomic mass is 10.2. The summed E-state index contributed by atoms with van der Waals surface area (Å²) >= 11 is 0. The van der Waals surface area contributed by atoms with Crippen LogP contribution in [0.2, 0.25) is 0 Å². The fraction of sp³-hybridized carbons (Fsp3) is 0.143. The maximum atomic E-state index is 11.9. The second-order valence-electron chi connectivity index (χ2n) is 4.78. The van der Waals surface area contributed by atoms with Gasteiger partial charge in [-0.25, -0.2) is 14.5 Å². The van der Waals surface area contributed by atoms with Crippen LogP contribution in [0, 0.1) is 0 Å². The highest BCUT2D eigenvalue weighted by Crippen LogP contribution is 2.08. The Kier molecular flexibility index (Phi) is 3.57. The lowest BCUT2D eigenvalue weighted by Crippen LogP contribution is -2.44. The molecule has 112 valence electrons. The van der Waals surface area contributed by atoms with E-state index in [0.717, 1.165) is 10.7 Å². The molecule has 2 aromatic rings. The van der Waals surface area contributed by atoms with Crippen LogP contribution >= 0.6 is 0 Å². The quantitative estimate of drug-likeness (QED) is 0.777. The van der Waals surface area contributed by atoms with E-state index in [1.807, 2.05) is 30.3 Å². The van der Waals surface area contributed by atoms with Gasteiger partial charge in [0.25, 0.3) is 0 Å². The van der Waals surface area contributed by atoms with E-state index in [1.54, 1.807) is 17.1 Å². The fourth-order valence-electron chi connectivity index (χ4n) is 2.08. The van der Waals surface area contributed by atoms with E-state index in [0.29, 0.717) is 5.56 Å². The Morgan fingerprint density at radius 2 is 2.05 bits per heavy atom. The molecule has 0 aliphatic carbocycles. The number of rotatable bonds is 4. The van der Waals surface area contributed by atoms with E-state index in [2.05, 4.69) is 15.8 Å². The smallest absolute Gasteiger partial charge is 0.275 e. The number of hydrogen-bond acceptors (Lipinski definition) is 4. The number of hydrogen-bond donors (Lipinski definition) is 2. The predicted molar refractivity (Wildman–Crippen MR) is 75.7 cm³/mol. The molecular weight excluding hydrogens is 286 g/mol. The lowest BCUT2D eigenvalue weighted by Gasteiger charge is -2.13. The summed E-state index contributed by atoms with van der Waals surface area (Å²) in [7, 11) is 0. The van der Waals surface area contributed by atoms with Gasteiger partial charge >= 0.3 is 6.03 Å². The summed E-state index contributed by atoms with van der Waals surface area (Å²) in [5, 5.41) is 7.22. The molecule has 2 N–H and O–H groups in total. The molecule has 1 aliphatic rings. The number of nitrogens with one attached hydrogen (secondary N) is 2. The first-order valence-corrected chi connectivity index (χ1v) is 6.61. The third-order valence-electron chi connectivity index (χ3n) is 3.07. The molecule has 0 radical (unpaired) electrons. The van der Waals surface area contributed by atoms with Gasteiger partial charge in [0.1, 0.15) is 6.54 Å². The van der Waals surface area contributed by atoms with Crippen LogP contribution < -0.4 is 10.7 Å². The van der Waals surface area contributed by atoms with Crippen molar-refractivity contribution in [2.45, 2.75) is 6.42 Å². The average molecular weight is 299 g/mol. The number of amides is 4. The van der Waals surface area contributed by atoms with Crippen molar-refractivity contribution >= 4 is 17.8 Å². The Morgan fingerprint density at radius 3 is 2.73 bits per heavy atom. The van der Waals surface area contributed by atoms with E-state index in [9.17, 15) is 14.4 Å². The molecule has 1 saturated heterocycles. The summed E-state index contributed by atoms with van der Waals surface area (Å²) < 4.78 is 1.66. The second-order valence-corrected chi connectivity index (χ2v) is 4.78. The maximum absolute atomic E-state index is 11.9. The number of para-hydroxylation sites is 1. The zero-order valence-electron chi connectivity index (χ0n) is 11.5. The predicted octanol–water partition coefficient (Wildman–Crippen LogP) is -0.00220. The molecule has 8 heteroatoms. The minimum atomic E-state index is -0.627. The molecule has 8 nitrogen and oxygen atoms in total. The number of benzene rings is 1. The van der Waals surface area contributed by atoms with E-state index >= 15 is 0 Å². The molecule has 2 heterocycles. The normalized spacial score (nSPS) is 14.1. The Hall–Kier alpha value is -3.16. The first-order valence-electron chi connectivity index (χ1n) is 6.61. The fourth-order valence-corrected chi connectivity index (χ4v) is 2.08. The molecule has 3 rings (SSSR count). The number of imide groups is 1. The van der Waals surface area contributed by atoms with Crippen molar-refractivity contribution in [3.8, 4) is 5.69 Å². The van der Waals surface area contributed by atoms with Crippen LogP contribution in [0.4, 0.5) is 4.79 Å². The monoisotopic (exact) mass is 299 g/mol. The van der Waals surface area contributed by atoms with Crippen molar-refractivity contribution in [3.63, 3.8) is 0 Å². The molecule has 1 aliphatic heterocycles. The Bertz CT molecular complexity index is 725. The summed E-state index contributed by atoms with van der Waals surface area (Å²) in [5.74, 6) is -0.834. The highest BCUT2D eigenvalue weighted by atomic mass is 16.2. The summed E-state index contributed by atoms with van der Waals surface area (Å²) in [6.45, 7) is -0.173. The molecule has 0 saturated carbocycles. The van der Waals surface area contributed by atoms with Crippen molar-refractivity contribution < 1.29 is 14.4 Å². The Morgan fingerprint density at radius 1 is 1.27 bits per heavy atom. The molecule has 0 unspecified atom stereocenters. The molecule has 1 aromatic heterocycles. The zero-order chi connectivity index (χ0) is 15.5. The highest BCUT2D eigenvalue weighted by Gasteiger charge is 2.28. The molecule has 0 bridgehead atoms. The zero-order valence-corrected chi connectivity index (χ0v) is 11.5. The van der Waals surface area contributed by atoms with Gasteiger partial charge in [-0.05, 0) is 17.7 Å². The number of urea groups is 1. The number of aromatic nitrogens is 2. The van der Waals surface area contributed by atoms with Crippen molar-refractivity contribution in [3.05, 3.63) is 48.3 Å². The van der Waals surface area contributed by atoms with E-state index in [-0.39, 0.29) is 13.0 Å². The van der Waals surface area contributed by atoms with Gasteiger partial charge in [0.05, 0.1) is 18.3 Å². The molecule has 1 fully saturated rings. The summed E-state index contributed by atoms with van der Waals surface area (Å²) in [6, 6.07) is 8.87. The van der Waals surface area contributed by atoms with Gasteiger partial charge in [-0.15, -0.1) is 0 Å². The Balaban J connectivity index is 1.62. The average Bonchev–Trinajstić information content (AvgIpc) is 3.07. The topological polar surface area (TPSA) is 96.3 Å². The summed E-state index contributed by atoms with van der Waals surface area (Å²) in [6.07, 6.45) is 3.39. The van der Waals surface area contributed by atoms with Crippen LogP contribution in [0.15, 0.2) is 42.7 Å². The first kappa shape index (κ1) is 13.8. The second kappa shape index (κ2) is 5.68. The first-order chi connectivity index (χ1) is 10.6. The number of nitrogens with zero attached hydrogens (tertiary/aromatic N) is 3. The summed E-state index contributed by atoms with van der Waals surface area (Å²) in [5.41, 5.74) is 3.97. The van der Waals surface area contributed by atoms with Gasteiger partial charge in [0, 0.05) is 6.20 Å². The lowest BCUT2D eigenvalue weighted by molar-refractivity contribution is -0.124. The van der Waals surface area contributed by atoms with Gasteiger partial charge < -0.3 is 0 Å². The van der Waals surface area contributed by atoms with E-state index in [1.165, 1.54) is 0 Å².